The van der Waals surface area contributed by atoms with Crippen LogP contribution in [-0.4, -0.2) is 47.9 Å². The van der Waals surface area contributed by atoms with Gasteiger partial charge in [0.15, 0.2) is 0 Å². The van der Waals surface area contributed by atoms with Crippen LogP contribution in [0.25, 0.3) is 0 Å². The highest BCUT2D eigenvalue weighted by Gasteiger charge is 2.60. The van der Waals surface area contributed by atoms with Crippen LogP contribution in [0.1, 0.15) is 25.0 Å². The van der Waals surface area contributed by atoms with Crippen LogP contribution in [0.15, 0.2) is 12.4 Å². The largest absolute Gasteiger partial charge is 0.490 e. The number of amides is 1. The molecule has 1 amide bonds. The number of nitriles is 1. The number of rotatable bonds is 3. The molecule has 0 radical (unpaired) electrons. The van der Waals surface area contributed by atoms with E-state index in [1.54, 1.807) is 0 Å². The molecule has 1 unspecified atom stereocenters. The van der Waals surface area contributed by atoms with E-state index in [4.69, 9.17) is 10.00 Å². The third kappa shape index (κ3) is 3.12. The number of esters is 1. The molecule has 0 fully saturated rings. The van der Waals surface area contributed by atoms with Crippen LogP contribution in [-0.2, 0) is 20.9 Å². The number of nitrogens with zero attached hydrogens (tertiary/aromatic N) is 3. The first-order valence-electron chi connectivity index (χ1n) is 7.42. The molecule has 2 rings (SSSR count). The number of carbonyl (C=O) groups excluding carboxylic acids is 2. The van der Waals surface area contributed by atoms with Crippen molar-refractivity contribution >= 4 is 11.9 Å². The van der Waals surface area contributed by atoms with Crippen LogP contribution in [0.4, 0.5) is 8.78 Å². The van der Waals surface area contributed by atoms with Crippen molar-refractivity contribution in [3.63, 3.8) is 0 Å². The van der Waals surface area contributed by atoms with Crippen LogP contribution in [0.3, 0.4) is 0 Å². The number of alkyl halides is 2. The van der Waals surface area contributed by atoms with Crippen molar-refractivity contribution in [3.8, 4) is 11.8 Å². The van der Waals surface area contributed by atoms with Gasteiger partial charge in [-0.05, 0) is 6.92 Å². The predicted octanol–water partition coefficient (Wildman–Crippen LogP) is 1.51. The van der Waals surface area contributed by atoms with E-state index in [0.717, 1.165) is 18.9 Å². The van der Waals surface area contributed by atoms with Gasteiger partial charge in [-0.25, -0.2) is 8.78 Å². The number of aromatic nitrogens is 1. The van der Waals surface area contributed by atoms with Gasteiger partial charge in [0.25, 0.3) is 5.92 Å². The van der Waals surface area contributed by atoms with Crippen LogP contribution < -0.4 is 4.74 Å². The molecule has 0 saturated heterocycles. The Labute approximate surface area is 143 Å². The summed E-state index contributed by atoms with van der Waals surface area (Å²) in [5, 5.41) is 9.09. The number of fused-ring (bicyclic) bond motifs is 1. The number of ether oxygens (including phenoxy) is 2. The van der Waals surface area contributed by atoms with Gasteiger partial charge in [-0.3, -0.25) is 14.6 Å². The Morgan fingerprint density at radius 2 is 2.08 bits per heavy atom. The Morgan fingerprint density at radius 1 is 1.40 bits per heavy atom. The van der Waals surface area contributed by atoms with Crippen LogP contribution >= 0.6 is 0 Å². The third-order valence-corrected chi connectivity index (χ3v) is 4.25. The zero-order valence-corrected chi connectivity index (χ0v) is 14.0. The van der Waals surface area contributed by atoms with Gasteiger partial charge in [-0.1, -0.05) is 0 Å². The van der Waals surface area contributed by atoms with Gasteiger partial charge in [-0.15, -0.1) is 0 Å². The van der Waals surface area contributed by atoms with Crippen molar-refractivity contribution in [2.75, 3.05) is 20.3 Å². The molecule has 1 aromatic rings. The highest BCUT2D eigenvalue weighted by molar-refractivity contribution is 6.03. The Hall–Kier alpha value is -2.76. The highest BCUT2D eigenvalue weighted by Crippen LogP contribution is 2.40. The second-order valence-electron chi connectivity index (χ2n) is 5.87. The maximum Gasteiger partial charge on any atom is 0.327 e. The van der Waals surface area contributed by atoms with Crippen LogP contribution in [0.2, 0.25) is 0 Å². The normalized spacial score (nSPS) is 16.6. The van der Waals surface area contributed by atoms with Crippen molar-refractivity contribution in [2.24, 2.45) is 5.41 Å². The van der Waals surface area contributed by atoms with E-state index < -0.39 is 23.2 Å². The van der Waals surface area contributed by atoms with Crippen molar-refractivity contribution in [3.05, 3.63) is 23.5 Å². The smallest absolute Gasteiger partial charge is 0.327 e. The van der Waals surface area contributed by atoms with Crippen LogP contribution in [0, 0.1) is 16.7 Å². The SMILES string of the molecule is COC(=O)C(C)(C(=O)N1CCOc2c(C#N)cncc2C1)C(C)(F)F. The third-order valence-electron chi connectivity index (χ3n) is 4.25. The standard InChI is InChI=1S/C16H17F2N3O4/c1-15(14(23)24-3,16(2,17)18)13(22)21-4-5-25-12-10(6-19)7-20-8-11(12)9-21/h7-8H,4-5,9H2,1-3H3. The fourth-order valence-corrected chi connectivity index (χ4v) is 2.55. The molecule has 9 heteroatoms. The summed E-state index contributed by atoms with van der Waals surface area (Å²) >= 11 is 0. The number of pyridine rings is 1. The van der Waals surface area contributed by atoms with E-state index in [1.807, 2.05) is 6.07 Å². The Kier molecular flexibility index (Phi) is 4.92. The predicted molar refractivity (Wildman–Crippen MR) is 80.6 cm³/mol. The second kappa shape index (κ2) is 6.63. The maximum absolute atomic E-state index is 14.1. The molecule has 1 aromatic heterocycles. The first-order valence-corrected chi connectivity index (χ1v) is 7.42. The minimum atomic E-state index is -3.64. The topological polar surface area (TPSA) is 92.5 Å². The molecule has 0 spiro atoms. The van der Waals surface area contributed by atoms with Gasteiger partial charge in [-0.2, -0.15) is 5.26 Å². The molecular formula is C16H17F2N3O4. The molecule has 1 atom stereocenters. The van der Waals surface area contributed by atoms with E-state index >= 15 is 0 Å². The van der Waals surface area contributed by atoms with Gasteiger partial charge in [0.05, 0.1) is 20.2 Å². The minimum absolute atomic E-state index is 0.00995. The lowest BCUT2D eigenvalue weighted by Gasteiger charge is -2.35. The van der Waals surface area contributed by atoms with Gasteiger partial charge < -0.3 is 14.4 Å². The van der Waals surface area contributed by atoms with E-state index in [1.165, 1.54) is 12.4 Å². The molecule has 0 bridgehead atoms. The first-order chi connectivity index (χ1) is 11.7. The molecule has 1 aliphatic heterocycles. The number of methoxy groups -OCH3 is 1. The summed E-state index contributed by atoms with van der Waals surface area (Å²) in [5.74, 6) is -5.78. The Morgan fingerprint density at radius 3 is 2.64 bits per heavy atom. The van der Waals surface area contributed by atoms with E-state index in [0.29, 0.717) is 12.5 Å². The van der Waals surface area contributed by atoms with Crippen molar-refractivity contribution in [2.45, 2.75) is 26.3 Å². The summed E-state index contributed by atoms with van der Waals surface area (Å²) in [6, 6.07) is 1.92. The van der Waals surface area contributed by atoms with E-state index in [2.05, 4.69) is 9.72 Å². The van der Waals surface area contributed by atoms with Crippen molar-refractivity contribution in [1.82, 2.24) is 9.88 Å². The molecule has 0 N–H and O–H groups in total. The van der Waals surface area contributed by atoms with Crippen molar-refractivity contribution < 1.29 is 27.8 Å². The fourth-order valence-electron chi connectivity index (χ4n) is 2.55. The number of hydrogen-bond donors (Lipinski definition) is 0. The van der Waals surface area contributed by atoms with E-state index in [-0.39, 0.29) is 31.0 Å². The lowest BCUT2D eigenvalue weighted by Crippen LogP contribution is -2.56. The number of hydrogen-bond acceptors (Lipinski definition) is 6. The molecule has 1 aliphatic rings. The first kappa shape index (κ1) is 18.6. The lowest BCUT2D eigenvalue weighted by molar-refractivity contribution is -0.187. The van der Waals surface area contributed by atoms with Crippen LogP contribution in [0.5, 0.6) is 5.75 Å². The molecule has 134 valence electrons. The Bertz CT molecular complexity index is 742. The number of carbonyl (C=O) groups is 2. The van der Waals surface area contributed by atoms with E-state index in [9.17, 15) is 18.4 Å². The summed E-state index contributed by atoms with van der Waals surface area (Å²) in [6.07, 6.45) is 2.70. The summed E-state index contributed by atoms with van der Waals surface area (Å²) in [7, 11) is 0.948. The molecule has 2 heterocycles. The quantitative estimate of drug-likeness (QED) is 0.604. The monoisotopic (exact) mass is 353 g/mol. The summed E-state index contributed by atoms with van der Waals surface area (Å²) in [6.45, 7) is 1.21. The zero-order valence-electron chi connectivity index (χ0n) is 14.0. The zero-order chi connectivity index (χ0) is 18.8. The average molecular weight is 353 g/mol. The Balaban J connectivity index is 2.42. The molecule has 0 aliphatic carbocycles. The minimum Gasteiger partial charge on any atom is -0.490 e. The summed E-state index contributed by atoms with van der Waals surface area (Å²) in [4.78, 5) is 29.7. The molecule has 0 saturated carbocycles. The second-order valence-corrected chi connectivity index (χ2v) is 5.87. The average Bonchev–Trinajstić information content (AvgIpc) is 2.80. The van der Waals surface area contributed by atoms with Gasteiger partial charge in [0, 0.05) is 24.9 Å². The van der Waals surface area contributed by atoms with Gasteiger partial charge in [0.1, 0.15) is 24.0 Å². The van der Waals surface area contributed by atoms with Gasteiger partial charge in [0.2, 0.25) is 11.3 Å². The molecule has 25 heavy (non-hydrogen) atoms. The lowest BCUT2D eigenvalue weighted by atomic mass is 9.82. The molecular weight excluding hydrogens is 336 g/mol. The fraction of sp³-hybridized carbons (Fsp3) is 0.500. The summed E-state index contributed by atoms with van der Waals surface area (Å²) in [5.41, 5.74) is -2.09. The maximum atomic E-state index is 14.1. The van der Waals surface area contributed by atoms with Gasteiger partial charge >= 0.3 is 5.97 Å². The number of halogens is 2. The molecule has 7 nitrogen and oxygen atoms in total. The molecule has 0 aromatic carbocycles. The van der Waals surface area contributed by atoms with Crippen molar-refractivity contribution in [1.29, 1.82) is 5.26 Å². The highest BCUT2D eigenvalue weighted by atomic mass is 19.3. The summed E-state index contributed by atoms with van der Waals surface area (Å²) < 4.78 is 38.1.